The summed E-state index contributed by atoms with van der Waals surface area (Å²) < 4.78 is 0. The van der Waals surface area contributed by atoms with E-state index in [1.54, 1.807) is 0 Å². The molecule has 112 valence electrons. The van der Waals surface area contributed by atoms with Crippen LogP contribution in [-0.4, -0.2) is 35.1 Å². The molecule has 0 radical (unpaired) electrons. The quantitative estimate of drug-likeness (QED) is 0.843. The normalized spacial score (nSPS) is 37.1. The Bertz CT molecular complexity index is 386. The number of amides is 1. The van der Waals surface area contributed by atoms with Crippen molar-refractivity contribution in [3.8, 4) is 0 Å². The second-order valence-corrected chi connectivity index (χ2v) is 7.90. The number of rotatable bonds is 2. The molecule has 3 saturated carbocycles. The minimum Gasteiger partial charge on any atom is -0.393 e. The number of carbonyl (C=O) groups is 1. The maximum Gasteiger partial charge on any atom is 0.225 e. The van der Waals surface area contributed by atoms with Gasteiger partial charge < -0.3 is 10.0 Å². The summed E-state index contributed by atoms with van der Waals surface area (Å²) in [7, 11) is 0. The lowest BCUT2D eigenvalue weighted by atomic mass is 9.67. The van der Waals surface area contributed by atoms with Gasteiger partial charge in [0.25, 0.3) is 0 Å². The average Bonchev–Trinajstić information content (AvgIpc) is 3.34. The SMILES string of the molecule is O=C(C1CC1C1CC1)N1CCC2(CCC(O)CC2)CC1. The van der Waals surface area contributed by atoms with E-state index in [4.69, 9.17) is 0 Å². The molecule has 0 aromatic rings. The number of carbonyl (C=O) groups excluding carboxylic acids is 1. The highest BCUT2D eigenvalue weighted by Crippen LogP contribution is 2.55. The first-order chi connectivity index (χ1) is 9.67. The van der Waals surface area contributed by atoms with Gasteiger partial charge in [0.2, 0.25) is 5.91 Å². The Hall–Kier alpha value is -0.570. The van der Waals surface area contributed by atoms with E-state index in [1.807, 2.05) is 0 Å². The van der Waals surface area contributed by atoms with Gasteiger partial charge in [-0.3, -0.25) is 4.79 Å². The van der Waals surface area contributed by atoms with Crippen LogP contribution in [0.4, 0.5) is 0 Å². The highest BCUT2D eigenvalue weighted by Gasteiger charge is 2.52. The number of piperidine rings is 1. The molecule has 2 atom stereocenters. The number of hydrogen-bond acceptors (Lipinski definition) is 2. The van der Waals surface area contributed by atoms with E-state index >= 15 is 0 Å². The molecular weight excluding hydrogens is 250 g/mol. The smallest absolute Gasteiger partial charge is 0.225 e. The molecule has 1 amide bonds. The van der Waals surface area contributed by atoms with Gasteiger partial charge in [0.15, 0.2) is 0 Å². The van der Waals surface area contributed by atoms with Gasteiger partial charge in [-0.2, -0.15) is 0 Å². The van der Waals surface area contributed by atoms with Crippen molar-refractivity contribution in [1.29, 1.82) is 0 Å². The second kappa shape index (κ2) is 4.72. The third-order valence-electron chi connectivity index (χ3n) is 6.54. The zero-order valence-electron chi connectivity index (χ0n) is 12.4. The maximum absolute atomic E-state index is 12.5. The Balaban J connectivity index is 1.30. The first kappa shape index (κ1) is 13.1. The molecule has 3 heteroatoms. The Morgan fingerprint density at radius 1 is 1.00 bits per heavy atom. The van der Waals surface area contributed by atoms with Crippen molar-refractivity contribution in [2.45, 2.75) is 63.9 Å². The lowest BCUT2D eigenvalue weighted by Gasteiger charge is -2.45. The highest BCUT2D eigenvalue weighted by atomic mass is 16.3. The molecule has 4 fully saturated rings. The molecule has 1 aliphatic heterocycles. The van der Waals surface area contributed by atoms with Gasteiger partial charge >= 0.3 is 0 Å². The Kier molecular flexibility index (Phi) is 3.10. The summed E-state index contributed by atoms with van der Waals surface area (Å²) in [5.41, 5.74) is 0.454. The standard InChI is InChI=1S/C17H27NO2/c19-13-3-5-17(6-4-13)7-9-18(10-8-17)16(20)15-11-14(15)12-1-2-12/h12-15,19H,1-11H2. The number of hydrogen-bond donors (Lipinski definition) is 1. The Morgan fingerprint density at radius 3 is 2.25 bits per heavy atom. The van der Waals surface area contributed by atoms with Gasteiger partial charge in [-0.1, -0.05) is 0 Å². The van der Waals surface area contributed by atoms with Gasteiger partial charge in [-0.15, -0.1) is 0 Å². The van der Waals surface area contributed by atoms with Gasteiger partial charge in [0.05, 0.1) is 6.10 Å². The van der Waals surface area contributed by atoms with Crippen molar-refractivity contribution in [2.24, 2.45) is 23.2 Å². The zero-order chi connectivity index (χ0) is 13.7. The molecule has 0 bridgehead atoms. The minimum atomic E-state index is -0.0638. The monoisotopic (exact) mass is 277 g/mol. The first-order valence-corrected chi connectivity index (χ1v) is 8.64. The van der Waals surface area contributed by atoms with E-state index in [-0.39, 0.29) is 6.10 Å². The van der Waals surface area contributed by atoms with Crippen molar-refractivity contribution >= 4 is 5.91 Å². The summed E-state index contributed by atoms with van der Waals surface area (Å²) in [5, 5.41) is 9.67. The molecule has 0 aromatic heterocycles. The van der Waals surface area contributed by atoms with Gasteiger partial charge in [-0.25, -0.2) is 0 Å². The van der Waals surface area contributed by atoms with Crippen molar-refractivity contribution in [3.05, 3.63) is 0 Å². The van der Waals surface area contributed by atoms with Crippen LogP contribution in [-0.2, 0) is 4.79 Å². The molecular formula is C17H27NO2. The lowest BCUT2D eigenvalue weighted by molar-refractivity contribution is -0.136. The molecule has 1 N–H and O–H groups in total. The molecule has 1 spiro atoms. The Labute approximate surface area is 121 Å². The molecule has 4 aliphatic rings. The topological polar surface area (TPSA) is 40.5 Å². The number of nitrogens with zero attached hydrogens (tertiary/aromatic N) is 1. The second-order valence-electron chi connectivity index (χ2n) is 7.90. The van der Waals surface area contributed by atoms with Crippen molar-refractivity contribution in [2.75, 3.05) is 13.1 Å². The molecule has 4 rings (SSSR count). The predicted octanol–water partition coefficient (Wildman–Crippen LogP) is 2.58. The van der Waals surface area contributed by atoms with Crippen LogP contribution in [0.15, 0.2) is 0 Å². The van der Waals surface area contributed by atoms with Crippen molar-refractivity contribution < 1.29 is 9.90 Å². The van der Waals surface area contributed by atoms with Crippen LogP contribution in [0, 0.1) is 23.2 Å². The number of aliphatic hydroxyl groups is 1. The molecule has 1 saturated heterocycles. The average molecular weight is 277 g/mol. The molecule has 2 unspecified atom stereocenters. The van der Waals surface area contributed by atoms with Crippen LogP contribution >= 0.6 is 0 Å². The summed E-state index contributed by atoms with van der Waals surface area (Å²) in [6.07, 6.45) is 10.5. The molecule has 3 nitrogen and oxygen atoms in total. The van der Waals surface area contributed by atoms with Crippen molar-refractivity contribution in [3.63, 3.8) is 0 Å². The maximum atomic E-state index is 12.5. The lowest BCUT2D eigenvalue weighted by Crippen LogP contribution is -2.45. The van der Waals surface area contributed by atoms with E-state index in [2.05, 4.69) is 4.90 Å². The van der Waals surface area contributed by atoms with Crippen LogP contribution in [0.25, 0.3) is 0 Å². The fraction of sp³-hybridized carbons (Fsp3) is 0.941. The van der Waals surface area contributed by atoms with E-state index in [0.29, 0.717) is 17.2 Å². The fourth-order valence-electron chi connectivity index (χ4n) is 4.69. The zero-order valence-corrected chi connectivity index (χ0v) is 12.4. The largest absolute Gasteiger partial charge is 0.393 e. The van der Waals surface area contributed by atoms with Crippen LogP contribution in [0.3, 0.4) is 0 Å². The number of likely N-dealkylation sites (tertiary alicyclic amines) is 1. The summed E-state index contributed by atoms with van der Waals surface area (Å²) in [5.74, 6) is 2.51. The molecule has 20 heavy (non-hydrogen) atoms. The first-order valence-electron chi connectivity index (χ1n) is 8.64. The summed E-state index contributed by atoms with van der Waals surface area (Å²) in [6, 6.07) is 0. The third kappa shape index (κ3) is 2.38. The van der Waals surface area contributed by atoms with Crippen LogP contribution < -0.4 is 0 Å². The summed E-state index contributed by atoms with van der Waals surface area (Å²) in [6.45, 7) is 1.95. The van der Waals surface area contributed by atoms with Gasteiger partial charge in [0.1, 0.15) is 0 Å². The van der Waals surface area contributed by atoms with E-state index in [0.717, 1.165) is 37.8 Å². The van der Waals surface area contributed by atoms with Crippen LogP contribution in [0.1, 0.15) is 57.8 Å². The molecule has 1 heterocycles. The Morgan fingerprint density at radius 2 is 1.65 bits per heavy atom. The van der Waals surface area contributed by atoms with Gasteiger partial charge in [-0.05, 0) is 75.0 Å². The molecule has 0 aromatic carbocycles. The summed E-state index contributed by atoms with van der Waals surface area (Å²) >= 11 is 0. The van der Waals surface area contributed by atoms with Crippen molar-refractivity contribution in [1.82, 2.24) is 4.90 Å². The van der Waals surface area contributed by atoms with E-state index in [1.165, 1.54) is 44.9 Å². The molecule has 3 aliphatic carbocycles. The van der Waals surface area contributed by atoms with E-state index < -0.39 is 0 Å². The fourth-order valence-corrected chi connectivity index (χ4v) is 4.69. The number of aliphatic hydroxyl groups excluding tert-OH is 1. The third-order valence-corrected chi connectivity index (χ3v) is 6.54. The van der Waals surface area contributed by atoms with E-state index in [9.17, 15) is 9.90 Å². The van der Waals surface area contributed by atoms with Gasteiger partial charge in [0, 0.05) is 19.0 Å². The minimum absolute atomic E-state index is 0.0638. The van der Waals surface area contributed by atoms with Crippen LogP contribution in [0.5, 0.6) is 0 Å². The van der Waals surface area contributed by atoms with Crippen LogP contribution in [0.2, 0.25) is 0 Å². The predicted molar refractivity (Wildman–Crippen MR) is 77.0 cm³/mol. The highest BCUT2D eigenvalue weighted by molar-refractivity contribution is 5.82. The summed E-state index contributed by atoms with van der Waals surface area (Å²) in [4.78, 5) is 14.7.